The predicted octanol–water partition coefficient (Wildman–Crippen LogP) is 1.56. The van der Waals surface area contributed by atoms with Gasteiger partial charge in [-0.2, -0.15) is 5.10 Å². The Morgan fingerprint density at radius 1 is 1.16 bits per heavy atom. The maximum absolute atomic E-state index is 12.7. The maximum atomic E-state index is 12.7. The van der Waals surface area contributed by atoms with Crippen molar-refractivity contribution < 1.29 is 23.1 Å². The molecule has 3 aromatic rings. The lowest BCUT2D eigenvalue weighted by atomic mass is 10.1. The van der Waals surface area contributed by atoms with Crippen LogP contribution in [0.15, 0.2) is 65.8 Å². The van der Waals surface area contributed by atoms with Crippen LogP contribution in [0, 0.1) is 5.92 Å². The van der Waals surface area contributed by atoms with Crippen molar-refractivity contribution >= 4 is 33.4 Å². The third-order valence-electron chi connectivity index (χ3n) is 4.86. The van der Waals surface area contributed by atoms with E-state index in [2.05, 4.69) is 14.8 Å². The standard InChI is InChI=1S/C20H19N5O5S/c26-19-11-14(20(27)28)12-25(19)16-4-6-17(7-5-16)31(29,30)23-18-8-10-24(22-18)13-15-3-1-2-9-21-15/h1-10,14H,11-13H2,(H,22,23)(H,27,28)/t14-/m0/s1. The second-order valence-electron chi connectivity index (χ2n) is 7.06. The van der Waals surface area contributed by atoms with Gasteiger partial charge in [-0.25, -0.2) is 8.42 Å². The lowest BCUT2D eigenvalue weighted by Crippen LogP contribution is -2.25. The number of carbonyl (C=O) groups excluding carboxylic acids is 1. The first-order chi connectivity index (χ1) is 14.8. The molecule has 31 heavy (non-hydrogen) atoms. The normalized spacial score (nSPS) is 16.5. The maximum Gasteiger partial charge on any atom is 0.308 e. The molecule has 1 amide bonds. The first kappa shape index (κ1) is 20.5. The van der Waals surface area contributed by atoms with Crippen molar-refractivity contribution in [2.45, 2.75) is 17.9 Å². The van der Waals surface area contributed by atoms with Crippen LogP contribution < -0.4 is 9.62 Å². The number of aliphatic carboxylic acids is 1. The molecule has 1 saturated heterocycles. The van der Waals surface area contributed by atoms with Crippen LogP contribution in [0.5, 0.6) is 0 Å². The second kappa shape index (κ2) is 8.19. The van der Waals surface area contributed by atoms with E-state index in [1.54, 1.807) is 23.1 Å². The number of hydrogen-bond donors (Lipinski definition) is 2. The second-order valence-corrected chi connectivity index (χ2v) is 8.75. The zero-order valence-electron chi connectivity index (χ0n) is 16.2. The summed E-state index contributed by atoms with van der Waals surface area (Å²) in [7, 11) is -3.89. The molecule has 10 nitrogen and oxygen atoms in total. The zero-order chi connectivity index (χ0) is 22.0. The van der Waals surface area contributed by atoms with E-state index in [4.69, 9.17) is 5.11 Å². The summed E-state index contributed by atoms with van der Waals surface area (Å²) < 4.78 is 29.3. The molecule has 1 fully saturated rings. The fraction of sp³-hybridized carbons (Fsp3) is 0.200. The number of pyridine rings is 1. The Kier molecular flexibility index (Phi) is 5.42. The molecule has 0 radical (unpaired) electrons. The van der Waals surface area contributed by atoms with Gasteiger partial charge in [-0.1, -0.05) is 6.07 Å². The topological polar surface area (TPSA) is 134 Å². The Balaban J connectivity index is 1.45. The third kappa shape index (κ3) is 4.56. The molecule has 1 aromatic carbocycles. The summed E-state index contributed by atoms with van der Waals surface area (Å²) in [5, 5.41) is 13.3. The first-order valence-electron chi connectivity index (χ1n) is 9.41. The van der Waals surface area contributed by atoms with E-state index in [9.17, 15) is 18.0 Å². The molecule has 0 saturated carbocycles. The van der Waals surface area contributed by atoms with Gasteiger partial charge in [0.2, 0.25) is 5.91 Å². The third-order valence-corrected chi connectivity index (χ3v) is 6.23. The number of carbonyl (C=O) groups is 2. The van der Waals surface area contributed by atoms with E-state index >= 15 is 0 Å². The van der Waals surface area contributed by atoms with Crippen molar-refractivity contribution in [3.63, 3.8) is 0 Å². The van der Waals surface area contributed by atoms with E-state index in [-0.39, 0.29) is 29.6 Å². The van der Waals surface area contributed by atoms with Crippen LogP contribution >= 0.6 is 0 Å². The molecule has 2 N–H and O–H groups in total. The summed E-state index contributed by atoms with van der Waals surface area (Å²) in [5.41, 5.74) is 1.24. The van der Waals surface area contributed by atoms with Gasteiger partial charge in [0, 0.05) is 37.1 Å². The molecule has 0 unspecified atom stereocenters. The number of benzene rings is 1. The van der Waals surface area contributed by atoms with Gasteiger partial charge in [0.05, 0.1) is 23.1 Å². The highest BCUT2D eigenvalue weighted by Crippen LogP contribution is 2.26. The SMILES string of the molecule is O=C(O)[C@H]1CC(=O)N(c2ccc(S(=O)(=O)Nc3ccn(Cc4ccccn4)n3)cc2)C1. The highest BCUT2D eigenvalue weighted by molar-refractivity contribution is 7.92. The molecule has 4 rings (SSSR count). The summed E-state index contributed by atoms with van der Waals surface area (Å²) in [6, 6.07) is 12.7. The Morgan fingerprint density at radius 3 is 2.58 bits per heavy atom. The molecule has 0 bridgehead atoms. The smallest absolute Gasteiger partial charge is 0.308 e. The lowest BCUT2D eigenvalue weighted by molar-refractivity contribution is -0.141. The van der Waals surface area contributed by atoms with Crippen LogP contribution in [0.1, 0.15) is 12.1 Å². The minimum atomic E-state index is -3.89. The Bertz CT molecular complexity index is 1210. The lowest BCUT2D eigenvalue weighted by Gasteiger charge is -2.16. The van der Waals surface area contributed by atoms with Gasteiger partial charge >= 0.3 is 5.97 Å². The van der Waals surface area contributed by atoms with Crippen LogP contribution in [0.4, 0.5) is 11.5 Å². The van der Waals surface area contributed by atoms with E-state index in [1.807, 2.05) is 18.2 Å². The van der Waals surface area contributed by atoms with Crippen LogP contribution in [0.25, 0.3) is 0 Å². The molecule has 1 aliphatic heterocycles. The van der Waals surface area contributed by atoms with Gasteiger partial charge in [-0.15, -0.1) is 0 Å². The fourth-order valence-corrected chi connectivity index (χ4v) is 4.28. The molecule has 11 heteroatoms. The number of carboxylic acids is 1. The number of sulfonamides is 1. The van der Waals surface area contributed by atoms with Crippen molar-refractivity contribution in [2.75, 3.05) is 16.2 Å². The minimum Gasteiger partial charge on any atom is -0.481 e. The van der Waals surface area contributed by atoms with Crippen LogP contribution in [-0.2, 0) is 26.2 Å². The fourth-order valence-electron chi connectivity index (χ4n) is 3.29. The largest absolute Gasteiger partial charge is 0.481 e. The van der Waals surface area contributed by atoms with Crippen molar-refractivity contribution in [3.8, 4) is 0 Å². The van der Waals surface area contributed by atoms with E-state index in [1.165, 1.54) is 29.2 Å². The summed E-state index contributed by atoms with van der Waals surface area (Å²) in [6.07, 6.45) is 3.25. The Morgan fingerprint density at radius 2 is 1.94 bits per heavy atom. The monoisotopic (exact) mass is 441 g/mol. The van der Waals surface area contributed by atoms with Crippen molar-refractivity contribution in [1.82, 2.24) is 14.8 Å². The summed E-state index contributed by atoms with van der Waals surface area (Å²) in [4.78, 5) is 28.7. The molecular weight excluding hydrogens is 422 g/mol. The Hall–Kier alpha value is -3.73. The molecule has 0 spiro atoms. The van der Waals surface area contributed by atoms with Crippen LogP contribution in [-0.4, -0.2) is 46.7 Å². The van der Waals surface area contributed by atoms with E-state index in [0.29, 0.717) is 12.2 Å². The average Bonchev–Trinajstić information content (AvgIpc) is 3.35. The van der Waals surface area contributed by atoms with Gasteiger partial charge in [-0.05, 0) is 36.4 Å². The van der Waals surface area contributed by atoms with Crippen LogP contribution in [0.2, 0.25) is 0 Å². The number of hydrogen-bond acceptors (Lipinski definition) is 6. The number of nitrogens with one attached hydrogen (secondary N) is 1. The summed E-state index contributed by atoms with van der Waals surface area (Å²) >= 11 is 0. The van der Waals surface area contributed by atoms with Crippen molar-refractivity contribution in [3.05, 3.63) is 66.6 Å². The van der Waals surface area contributed by atoms with Gasteiger partial charge < -0.3 is 10.0 Å². The average molecular weight is 441 g/mol. The molecule has 3 heterocycles. The van der Waals surface area contributed by atoms with Gasteiger partial charge in [0.25, 0.3) is 10.0 Å². The molecular formula is C20H19N5O5S. The number of rotatable bonds is 7. The van der Waals surface area contributed by atoms with Crippen LogP contribution in [0.3, 0.4) is 0 Å². The Labute approximate surface area is 178 Å². The minimum absolute atomic E-state index is 0.00282. The highest BCUT2D eigenvalue weighted by Gasteiger charge is 2.35. The van der Waals surface area contributed by atoms with Crippen molar-refractivity contribution in [1.29, 1.82) is 0 Å². The number of anilines is 2. The van der Waals surface area contributed by atoms with E-state index < -0.39 is 21.9 Å². The molecule has 160 valence electrons. The number of amides is 1. The molecule has 1 aliphatic rings. The number of nitrogens with zero attached hydrogens (tertiary/aromatic N) is 4. The summed E-state index contributed by atoms with van der Waals surface area (Å²) in [6.45, 7) is 0.463. The quantitative estimate of drug-likeness (QED) is 0.568. The van der Waals surface area contributed by atoms with E-state index in [0.717, 1.165) is 5.69 Å². The van der Waals surface area contributed by atoms with Gasteiger partial charge in [0.15, 0.2) is 5.82 Å². The number of carboxylic acid groups (broad SMARTS) is 1. The highest BCUT2D eigenvalue weighted by atomic mass is 32.2. The van der Waals surface area contributed by atoms with Crippen molar-refractivity contribution in [2.24, 2.45) is 5.92 Å². The number of aromatic nitrogens is 3. The van der Waals surface area contributed by atoms with Gasteiger partial charge in [0.1, 0.15) is 0 Å². The molecule has 1 atom stereocenters. The molecule has 0 aliphatic carbocycles. The predicted molar refractivity (Wildman–Crippen MR) is 111 cm³/mol. The molecule has 2 aromatic heterocycles. The van der Waals surface area contributed by atoms with Gasteiger partial charge in [-0.3, -0.25) is 24.0 Å². The first-order valence-corrected chi connectivity index (χ1v) is 10.9. The zero-order valence-corrected chi connectivity index (χ0v) is 17.1. The summed E-state index contributed by atoms with van der Waals surface area (Å²) in [5.74, 6) is -1.93.